The van der Waals surface area contributed by atoms with Crippen LogP contribution >= 0.6 is 34.5 Å². The molecular formula is C17H11Cl2F2N5O3S. The van der Waals surface area contributed by atoms with Crippen molar-refractivity contribution in [1.82, 2.24) is 15.0 Å². The van der Waals surface area contributed by atoms with Gasteiger partial charge < -0.3 is 20.1 Å². The Morgan fingerprint density at radius 3 is 2.77 bits per heavy atom. The summed E-state index contributed by atoms with van der Waals surface area (Å²) in [5.41, 5.74) is 2.44. The number of thiazole rings is 1. The predicted molar refractivity (Wildman–Crippen MR) is 106 cm³/mol. The second-order valence-corrected chi connectivity index (χ2v) is 7.65. The van der Waals surface area contributed by atoms with Crippen molar-refractivity contribution in [3.63, 3.8) is 0 Å². The molecule has 3 aromatic rings. The number of amides is 1. The Balaban J connectivity index is 1.37. The average molecular weight is 474 g/mol. The molecule has 8 nitrogen and oxygen atoms in total. The zero-order chi connectivity index (χ0) is 21.3. The Morgan fingerprint density at radius 2 is 1.97 bits per heavy atom. The van der Waals surface area contributed by atoms with E-state index in [1.807, 2.05) is 0 Å². The molecular weight excluding hydrogens is 463 g/mol. The van der Waals surface area contributed by atoms with Gasteiger partial charge in [0.05, 0.1) is 29.0 Å². The molecule has 1 aromatic carbocycles. The number of carbonyl (C=O) groups is 1. The monoisotopic (exact) mass is 473 g/mol. The molecule has 2 aromatic heterocycles. The van der Waals surface area contributed by atoms with Crippen LogP contribution < -0.4 is 20.1 Å². The van der Waals surface area contributed by atoms with Gasteiger partial charge in [-0.15, -0.1) is 20.1 Å². The highest BCUT2D eigenvalue weighted by molar-refractivity contribution is 7.10. The number of anilines is 2. The SMILES string of the molecule is O=C(Cc1scnc1NCc1cc(Cl)nc(Cl)n1)Nc1ccc2c(c1)OC(F)(F)O2. The number of fused-ring (bicyclic) bond motifs is 1. The first-order valence-corrected chi connectivity index (χ1v) is 9.96. The first-order chi connectivity index (χ1) is 14.3. The Labute approximate surface area is 182 Å². The third-order valence-electron chi connectivity index (χ3n) is 3.80. The van der Waals surface area contributed by atoms with Gasteiger partial charge in [0.2, 0.25) is 11.2 Å². The van der Waals surface area contributed by atoms with Gasteiger partial charge in [0.25, 0.3) is 0 Å². The minimum Gasteiger partial charge on any atom is -0.395 e. The summed E-state index contributed by atoms with van der Waals surface area (Å²) >= 11 is 12.9. The van der Waals surface area contributed by atoms with Crippen LogP contribution in [0.4, 0.5) is 20.3 Å². The van der Waals surface area contributed by atoms with Gasteiger partial charge in [-0.05, 0) is 29.8 Å². The number of alkyl halides is 2. The molecule has 3 heterocycles. The smallest absolute Gasteiger partial charge is 0.395 e. The summed E-state index contributed by atoms with van der Waals surface area (Å²) in [5, 5.41) is 5.94. The highest BCUT2D eigenvalue weighted by atomic mass is 35.5. The zero-order valence-corrected chi connectivity index (χ0v) is 17.1. The van der Waals surface area contributed by atoms with Crippen LogP contribution in [0.15, 0.2) is 29.8 Å². The van der Waals surface area contributed by atoms with E-state index in [4.69, 9.17) is 23.2 Å². The second kappa shape index (κ2) is 8.17. The number of halogens is 4. The first-order valence-electron chi connectivity index (χ1n) is 8.32. The summed E-state index contributed by atoms with van der Waals surface area (Å²) in [4.78, 5) is 25.1. The molecule has 13 heteroatoms. The van der Waals surface area contributed by atoms with Gasteiger partial charge in [-0.3, -0.25) is 4.79 Å². The lowest BCUT2D eigenvalue weighted by atomic mass is 10.2. The van der Waals surface area contributed by atoms with Gasteiger partial charge in [0.1, 0.15) is 11.0 Å². The van der Waals surface area contributed by atoms with Crippen LogP contribution in [-0.4, -0.2) is 27.2 Å². The minimum absolute atomic E-state index is 0.0168. The van der Waals surface area contributed by atoms with Crippen LogP contribution in [0.2, 0.25) is 10.4 Å². The van der Waals surface area contributed by atoms with Gasteiger partial charge in [0.15, 0.2) is 11.5 Å². The van der Waals surface area contributed by atoms with E-state index in [1.165, 1.54) is 29.5 Å². The fourth-order valence-corrected chi connectivity index (χ4v) is 3.80. The largest absolute Gasteiger partial charge is 0.586 e. The highest BCUT2D eigenvalue weighted by Crippen LogP contribution is 2.42. The maximum Gasteiger partial charge on any atom is 0.586 e. The first kappa shape index (κ1) is 20.5. The fraction of sp³-hybridized carbons (Fsp3) is 0.176. The van der Waals surface area contributed by atoms with E-state index in [1.54, 1.807) is 11.6 Å². The van der Waals surface area contributed by atoms with Crippen molar-refractivity contribution in [3.05, 3.63) is 50.8 Å². The van der Waals surface area contributed by atoms with E-state index in [9.17, 15) is 13.6 Å². The number of hydrogen-bond acceptors (Lipinski definition) is 8. The zero-order valence-electron chi connectivity index (χ0n) is 14.8. The number of hydrogen-bond donors (Lipinski definition) is 2. The van der Waals surface area contributed by atoms with Crippen molar-refractivity contribution in [2.24, 2.45) is 0 Å². The predicted octanol–water partition coefficient (Wildman–Crippen LogP) is 4.35. The lowest BCUT2D eigenvalue weighted by Gasteiger charge is -2.08. The molecule has 0 bridgehead atoms. The van der Waals surface area contributed by atoms with E-state index in [2.05, 4.69) is 35.1 Å². The van der Waals surface area contributed by atoms with E-state index in [-0.39, 0.29) is 40.8 Å². The molecule has 0 radical (unpaired) electrons. The fourth-order valence-electron chi connectivity index (χ4n) is 2.62. The van der Waals surface area contributed by atoms with Gasteiger partial charge in [-0.25, -0.2) is 15.0 Å². The van der Waals surface area contributed by atoms with Crippen molar-refractivity contribution in [3.8, 4) is 11.5 Å². The Kier molecular flexibility index (Phi) is 5.58. The number of carbonyl (C=O) groups excluding carboxylic acids is 1. The Bertz CT molecular complexity index is 1090. The number of ether oxygens (including phenoxy) is 2. The number of rotatable bonds is 6. The van der Waals surface area contributed by atoms with Crippen LogP contribution in [0.5, 0.6) is 11.5 Å². The second-order valence-electron chi connectivity index (χ2n) is 5.98. The van der Waals surface area contributed by atoms with E-state index in [0.717, 1.165) is 0 Å². The molecule has 30 heavy (non-hydrogen) atoms. The third-order valence-corrected chi connectivity index (χ3v) is 5.00. The quantitative estimate of drug-likeness (QED) is 0.405. The Morgan fingerprint density at radius 1 is 1.17 bits per heavy atom. The normalized spacial score (nSPS) is 13.9. The van der Waals surface area contributed by atoms with E-state index >= 15 is 0 Å². The lowest BCUT2D eigenvalue weighted by Crippen LogP contribution is -2.25. The minimum atomic E-state index is -3.72. The summed E-state index contributed by atoms with van der Waals surface area (Å²) in [5.74, 6) is -0.107. The average Bonchev–Trinajstić information content (AvgIpc) is 3.20. The number of aromatic nitrogens is 3. The molecule has 1 aliphatic heterocycles. The van der Waals surface area contributed by atoms with Gasteiger partial charge in [-0.1, -0.05) is 11.6 Å². The molecule has 4 rings (SSSR count). The summed E-state index contributed by atoms with van der Waals surface area (Å²) in [6.45, 7) is 0.274. The summed E-state index contributed by atoms with van der Waals surface area (Å²) in [7, 11) is 0. The van der Waals surface area contributed by atoms with E-state index in [0.29, 0.717) is 22.1 Å². The maximum absolute atomic E-state index is 13.1. The van der Waals surface area contributed by atoms with Crippen molar-refractivity contribution >= 4 is 52.0 Å². The topological polar surface area (TPSA) is 98.3 Å². The Hall–Kier alpha value is -2.76. The summed E-state index contributed by atoms with van der Waals surface area (Å²) in [6, 6.07) is 5.56. The van der Waals surface area contributed by atoms with Crippen LogP contribution in [-0.2, 0) is 17.8 Å². The van der Waals surface area contributed by atoms with Crippen molar-refractivity contribution in [2.75, 3.05) is 10.6 Å². The number of benzene rings is 1. The number of nitrogens with one attached hydrogen (secondary N) is 2. The van der Waals surface area contributed by atoms with Crippen LogP contribution in [0.3, 0.4) is 0 Å². The van der Waals surface area contributed by atoms with Crippen LogP contribution in [0.25, 0.3) is 0 Å². The molecule has 0 saturated carbocycles. The molecule has 0 spiro atoms. The molecule has 0 unspecified atom stereocenters. The van der Waals surface area contributed by atoms with E-state index < -0.39 is 6.29 Å². The molecule has 1 aliphatic rings. The summed E-state index contributed by atoms with van der Waals surface area (Å²) in [6.07, 6.45) is -3.70. The molecule has 156 valence electrons. The molecule has 0 saturated heterocycles. The molecule has 2 N–H and O–H groups in total. The molecule has 1 amide bonds. The highest BCUT2D eigenvalue weighted by Gasteiger charge is 2.43. The molecule has 0 fully saturated rings. The number of nitrogens with zero attached hydrogens (tertiary/aromatic N) is 3. The van der Waals surface area contributed by atoms with Crippen molar-refractivity contribution in [1.29, 1.82) is 0 Å². The maximum atomic E-state index is 13.1. The van der Waals surface area contributed by atoms with Gasteiger partial charge in [-0.2, -0.15) is 0 Å². The molecule has 0 aliphatic carbocycles. The summed E-state index contributed by atoms with van der Waals surface area (Å²) < 4.78 is 34.9. The van der Waals surface area contributed by atoms with Crippen LogP contribution in [0, 0.1) is 0 Å². The standard InChI is InChI=1S/C17H11Cl2F2N5O3S/c18-13-4-9(25-16(19)26-13)6-22-15-12(30-7-23-15)5-14(27)24-8-1-2-10-11(3-8)29-17(20,21)28-10/h1-4,7,22H,5-6H2,(H,24,27). The molecule has 0 atom stereocenters. The van der Waals surface area contributed by atoms with Gasteiger partial charge in [0, 0.05) is 11.8 Å². The van der Waals surface area contributed by atoms with Crippen molar-refractivity contribution in [2.45, 2.75) is 19.3 Å². The lowest BCUT2D eigenvalue weighted by molar-refractivity contribution is -0.286. The van der Waals surface area contributed by atoms with Crippen LogP contribution in [0.1, 0.15) is 10.6 Å². The third kappa shape index (κ3) is 4.86. The van der Waals surface area contributed by atoms with Crippen molar-refractivity contribution < 1.29 is 23.0 Å². The van der Waals surface area contributed by atoms with Gasteiger partial charge >= 0.3 is 6.29 Å².